The van der Waals surface area contributed by atoms with E-state index in [-0.39, 0.29) is 0 Å². The maximum absolute atomic E-state index is 5.45. The Labute approximate surface area is 97.8 Å². The molecular formula is C9H10Cl2N2S. The van der Waals surface area contributed by atoms with E-state index in [1.165, 1.54) is 23.7 Å². The van der Waals surface area contributed by atoms with Crippen LogP contribution >= 0.6 is 35.1 Å². The maximum Gasteiger partial charge on any atom is 0.144 e. The molecule has 0 saturated carbocycles. The summed E-state index contributed by atoms with van der Waals surface area (Å²) in [7, 11) is 0. The predicted octanol–water partition coefficient (Wildman–Crippen LogP) is 3.38. The van der Waals surface area contributed by atoms with Gasteiger partial charge in [0.15, 0.2) is 0 Å². The molecule has 1 N–H and O–H groups in total. The van der Waals surface area contributed by atoms with Gasteiger partial charge in [0.1, 0.15) is 4.84 Å². The Balaban J connectivity index is 2.35. The Morgan fingerprint density at radius 3 is 2.57 bits per heavy atom. The van der Waals surface area contributed by atoms with Crippen molar-refractivity contribution in [3.63, 3.8) is 0 Å². The Kier molecular flexibility index (Phi) is 5.15. The van der Waals surface area contributed by atoms with Gasteiger partial charge in [-0.25, -0.2) is 4.83 Å². The molecule has 0 bridgehead atoms. The largest absolute Gasteiger partial charge is 0.247 e. The summed E-state index contributed by atoms with van der Waals surface area (Å²) >= 11 is 12.3. The number of nitrogens with one attached hydrogen (secondary N) is 1. The number of hydrazone groups is 1. The fraction of sp³-hybridized carbons (Fsp3) is 0.222. The Hall–Kier alpha value is -0.380. The fourth-order valence-corrected chi connectivity index (χ4v) is 1.38. The third-order valence-electron chi connectivity index (χ3n) is 1.42. The van der Waals surface area contributed by atoms with Crippen LogP contribution in [0, 0.1) is 6.92 Å². The summed E-state index contributed by atoms with van der Waals surface area (Å²) in [5.41, 5.74) is 1.24. The number of hydrogen-bond acceptors (Lipinski definition) is 3. The van der Waals surface area contributed by atoms with Gasteiger partial charge in [0.05, 0.1) is 6.21 Å². The standard InChI is InChI=1S/C9H10Cl2N2S/c1-7-2-4-8(5-3-7)14-13-12-6-9(10)11/h2-6,9,13H,1H3/b12-6+. The molecule has 0 amide bonds. The molecular weight excluding hydrogens is 239 g/mol. The maximum atomic E-state index is 5.45. The summed E-state index contributed by atoms with van der Waals surface area (Å²) in [5.74, 6) is 0. The molecule has 1 aromatic carbocycles. The molecule has 0 unspecified atom stereocenters. The van der Waals surface area contributed by atoms with Crippen LogP contribution in [0.15, 0.2) is 34.3 Å². The molecule has 76 valence electrons. The molecule has 1 aromatic rings. The van der Waals surface area contributed by atoms with Gasteiger partial charge in [-0.1, -0.05) is 40.9 Å². The molecule has 0 heterocycles. The van der Waals surface area contributed by atoms with E-state index in [2.05, 4.69) is 9.93 Å². The first-order chi connectivity index (χ1) is 6.68. The normalized spacial score (nSPS) is 11.1. The van der Waals surface area contributed by atoms with Gasteiger partial charge in [0.2, 0.25) is 0 Å². The van der Waals surface area contributed by atoms with E-state index in [0.717, 1.165) is 4.90 Å². The number of hydrogen-bond donors (Lipinski definition) is 1. The van der Waals surface area contributed by atoms with Crippen molar-refractivity contribution in [3.05, 3.63) is 29.8 Å². The zero-order chi connectivity index (χ0) is 10.4. The van der Waals surface area contributed by atoms with E-state index in [4.69, 9.17) is 23.2 Å². The minimum atomic E-state index is -0.568. The Morgan fingerprint density at radius 2 is 2.00 bits per heavy atom. The highest BCUT2D eigenvalue weighted by Crippen LogP contribution is 2.14. The van der Waals surface area contributed by atoms with Crippen LogP contribution in [0.4, 0.5) is 0 Å². The highest BCUT2D eigenvalue weighted by molar-refractivity contribution is 7.97. The van der Waals surface area contributed by atoms with Crippen LogP contribution in [0.25, 0.3) is 0 Å². The molecule has 0 aliphatic rings. The van der Waals surface area contributed by atoms with Crippen LogP contribution < -0.4 is 4.83 Å². The Bertz CT molecular complexity index is 298. The van der Waals surface area contributed by atoms with Crippen molar-refractivity contribution < 1.29 is 0 Å². The van der Waals surface area contributed by atoms with E-state index in [1.54, 1.807) is 0 Å². The summed E-state index contributed by atoms with van der Waals surface area (Å²) in [6, 6.07) is 8.11. The number of alkyl halides is 2. The lowest BCUT2D eigenvalue weighted by molar-refractivity contribution is 1.11. The summed E-state index contributed by atoms with van der Waals surface area (Å²) in [6.07, 6.45) is 1.42. The van der Waals surface area contributed by atoms with Crippen molar-refractivity contribution in [3.8, 4) is 0 Å². The first-order valence-corrected chi connectivity index (χ1v) is 5.67. The molecule has 0 aliphatic heterocycles. The number of halogens is 2. The monoisotopic (exact) mass is 248 g/mol. The highest BCUT2D eigenvalue weighted by Gasteiger charge is 1.92. The van der Waals surface area contributed by atoms with Gasteiger partial charge in [-0.05, 0) is 19.1 Å². The quantitative estimate of drug-likeness (QED) is 0.383. The first kappa shape index (κ1) is 11.7. The van der Waals surface area contributed by atoms with Gasteiger partial charge in [0, 0.05) is 16.8 Å². The second kappa shape index (κ2) is 6.17. The third kappa shape index (κ3) is 4.74. The molecule has 14 heavy (non-hydrogen) atoms. The molecule has 0 saturated heterocycles. The molecule has 0 spiro atoms. The number of rotatable bonds is 4. The average Bonchev–Trinajstić information content (AvgIpc) is 2.15. The molecule has 0 fully saturated rings. The number of aryl methyl sites for hydroxylation is 1. The lowest BCUT2D eigenvalue weighted by Crippen LogP contribution is -1.96. The van der Waals surface area contributed by atoms with Gasteiger partial charge < -0.3 is 0 Å². The van der Waals surface area contributed by atoms with Crippen LogP contribution in [0.1, 0.15) is 5.56 Å². The average molecular weight is 249 g/mol. The molecule has 1 rings (SSSR count). The fourth-order valence-electron chi connectivity index (χ4n) is 0.772. The molecule has 5 heteroatoms. The van der Waals surface area contributed by atoms with Crippen molar-refractivity contribution in [2.45, 2.75) is 16.7 Å². The molecule has 0 radical (unpaired) electrons. The summed E-state index contributed by atoms with van der Waals surface area (Å²) < 4.78 is 0. The van der Waals surface area contributed by atoms with E-state index in [1.807, 2.05) is 31.2 Å². The molecule has 0 aromatic heterocycles. The summed E-state index contributed by atoms with van der Waals surface area (Å²) in [5, 5.41) is 3.81. The minimum Gasteiger partial charge on any atom is -0.247 e. The second-order valence-corrected chi connectivity index (χ2v) is 4.64. The smallest absolute Gasteiger partial charge is 0.144 e. The van der Waals surface area contributed by atoms with Crippen LogP contribution in [0.3, 0.4) is 0 Å². The number of nitrogens with zero attached hydrogens (tertiary/aromatic N) is 1. The van der Waals surface area contributed by atoms with Crippen molar-refractivity contribution in [1.29, 1.82) is 0 Å². The van der Waals surface area contributed by atoms with Crippen molar-refractivity contribution >= 4 is 41.4 Å². The van der Waals surface area contributed by atoms with Crippen LogP contribution in [-0.4, -0.2) is 11.1 Å². The van der Waals surface area contributed by atoms with Gasteiger partial charge in [0.25, 0.3) is 0 Å². The summed E-state index contributed by atoms with van der Waals surface area (Å²) in [4.78, 5) is 3.29. The van der Waals surface area contributed by atoms with E-state index in [0.29, 0.717) is 0 Å². The lowest BCUT2D eigenvalue weighted by atomic mass is 10.2. The molecule has 0 atom stereocenters. The van der Waals surface area contributed by atoms with Gasteiger partial charge in [-0.3, -0.25) is 0 Å². The minimum absolute atomic E-state index is 0.568. The van der Waals surface area contributed by atoms with Crippen LogP contribution in [-0.2, 0) is 0 Å². The van der Waals surface area contributed by atoms with Gasteiger partial charge in [-0.2, -0.15) is 5.10 Å². The topological polar surface area (TPSA) is 24.4 Å². The highest BCUT2D eigenvalue weighted by atomic mass is 35.5. The van der Waals surface area contributed by atoms with Crippen LogP contribution in [0.5, 0.6) is 0 Å². The lowest BCUT2D eigenvalue weighted by Gasteiger charge is -1.99. The summed E-state index contributed by atoms with van der Waals surface area (Å²) in [6.45, 7) is 2.05. The second-order valence-electron chi connectivity index (χ2n) is 2.62. The Morgan fingerprint density at radius 1 is 1.36 bits per heavy atom. The van der Waals surface area contributed by atoms with Crippen LogP contribution in [0.2, 0.25) is 0 Å². The van der Waals surface area contributed by atoms with Gasteiger partial charge in [-0.15, -0.1) is 0 Å². The van der Waals surface area contributed by atoms with E-state index < -0.39 is 4.84 Å². The van der Waals surface area contributed by atoms with Gasteiger partial charge >= 0.3 is 0 Å². The van der Waals surface area contributed by atoms with Crippen molar-refractivity contribution in [1.82, 2.24) is 4.83 Å². The SMILES string of the molecule is Cc1ccc(SN/N=C/C(Cl)Cl)cc1. The van der Waals surface area contributed by atoms with Crippen molar-refractivity contribution in [2.24, 2.45) is 5.10 Å². The van der Waals surface area contributed by atoms with E-state index >= 15 is 0 Å². The first-order valence-electron chi connectivity index (χ1n) is 3.98. The third-order valence-corrected chi connectivity index (χ3v) is 2.35. The molecule has 2 nitrogen and oxygen atoms in total. The zero-order valence-electron chi connectivity index (χ0n) is 7.58. The predicted molar refractivity (Wildman–Crippen MR) is 64.2 cm³/mol. The van der Waals surface area contributed by atoms with Crippen molar-refractivity contribution in [2.75, 3.05) is 0 Å². The van der Waals surface area contributed by atoms with E-state index in [9.17, 15) is 0 Å². The molecule has 0 aliphatic carbocycles. The number of benzene rings is 1. The zero-order valence-corrected chi connectivity index (χ0v) is 9.90.